The lowest BCUT2D eigenvalue weighted by molar-refractivity contribution is -0.139. The Labute approximate surface area is 86.8 Å². The molecule has 76 valence electrons. The molecule has 1 aromatic heterocycles. The second kappa shape index (κ2) is 3.96. The number of nitrogens with zero attached hydrogens (tertiary/aromatic N) is 2. The molecule has 2 aromatic rings. The van der Waals surface area contributed by atoms with Gasteiger partial charge in [0.1, 0.15) is 0 Å². The molecule has 0 aliphatic carbocycles. The maximum Gasteiger partial charge on any atom is 0.333 e. The van der Waals surface area contributed by atoms with E-state index in [1.54, 1.807) is 30.6 Å². The summed E-state index contributed by atoms with van der Waals surface area (Å²) in [6.07, 6.45) is 3.21. The summed E-state index contributed by atoms with van der Waals surface area (Å²) in [5.74, 6) is -0.912. The first kappa shape index (κ1) is 9.45. The quantitative estimate of drug-likeness (QED) is 0.821. The summed E-state index contributed by atoms with van der Waals surface area (Å²) in [6, 6.07) is 10.00. The molecule has 4 nitrogen and oxygen atoms in total. The van der Waals surface area contributed by atoms with E-state index in [0.29, 0.717) is 5.56 Å². The summed E-state index contributed by atoms with van der Waals surface area (Å²) >= 11 is 0. The predicted octanol–water partition coefficient (Wildman–Crippen LogP) is 1.56. The number of carboxylic acids is 1. The Morgan fingerprint density at radius 3 is 2.53 bits per heavy atom. The lowest BCUT2D eigenvalue weighted by Crippen LogP contribution is -2.20. The second-order valence-corrected chi connectivity index (χ2v) is 3.14. The van der Waals surface area contributed by atoms with Crippen LogP contribution in [-0.2, 0) is 4.79 Å². The minimum absolute atomic E-state index is 0.716. The minimum atomic E-state index is -0.912. The van der Waals surface area contributed by atoms with E-state index in [4.69, 9.17) is 5.11 Å². The molecule has 0 radical (unpaired) electrons. The fraction of sp³-hybridized carbons (Fsp3) is 0.0909. The summed E-state index contributed by atoms with van der Waals surface area (Å²) < 4.78 is 1.43. The van der Waals surface area contributed by atoms with Crippen LogP contribution in [0.3, 0.4) is 0 Å². The molecule has 0 fully saturated rings. The van der Waals surface area contributed by atoms with E-state index < -0.39 is 12.0 Å². The van der Waals surface area contributed by atoms with E-state index in [2.05, 4.69) is 5.10 Å². The van der Waals surface area contributed by atoms with Crippen molar-refractivity contribution in [1.29, 1.82) is 0 Å². The van der Waals surface area contributed by atoms with Gasteiger partial charge in [-0.05, 0) is 11.6 Å². The molecule has 0 aliphatic heterocycles. The van der Waals surface area contributed by atoms with Crippen molar-refractivity contribution < 1.29 is 9.90 Å². The lowest BCUT2D eigenvalue weighted by atomic mass is 10.1. The van der Waals surface area contributed by atoms with Gasteiger partial charge in [-0.3, -0.25) is 4.68 Å². The average molecular weight is 202 g/mol. The van der Waals surface area contributed by atoms with Crippen LogP contribution >= 0.6 is 0 Å². The molecule has 0 amide bonds. The highest BCUT2D eigenvalue weighted by Crippen LogP contribution is 2.16. The third kappa shape index (κ3) is 1.88. The molecule has 0 saturated carbocycles. The van der Waals surface area contributed by atoms with Gasteiger partial charge in [0.15, 0.2) is 6.04 Å². The van der Waals surface area contributed by atoms with Gasteiger partial charge in [-0.15, -0.1) is 0 Å². The molecule has 0 aliphatic rings. The van der Waals surface area contributed by atoms with Crippen molar-refractivity contribution in [3.8, 4) is 0 Å². The third-order valence-electron chi connectivity index (χ3n) is 2.14. The van der Waals surface area contributed by atoms with Gasteiger partial charge in [0.2, 0.25) is 0 Å². The first-order valence-corrected chi connectivity index (χ1v) is 4.56. The van der Waals surface area contributed by atoms with Crippen LogP contribution in [0.2, 0.25) is 0 Å². The molecule has 0 saturated heterocycles. The van der Waals surface area contributed by atoms with Crippen molar-refractivity contribution >= 4 is 5.97 Å². The fourth-order valence-corrected chi connectivity index (χ4v) is 1.48. The van der Waals surface area contributed by atoms with E-state index >= 15 is 0 Å². The number of rotatable bonds is 3. The van der Waals surface area contributed by atoms with Crippen LogP contribution in [0.15, 0.2) is 48.8 Å². The van der Waals surface area contributed by atoms with E-state index in [1.807, 2.05) is 18.2 Å². The fourth-order valence-electron chi connectivity index (χ4n) is 1.48. The smallest absolute Gasteiger partial charge is 0.333 e. The lowest BCUT2D eigenvalue weighted by Gasteiger charge is -2.12. The molecular weight excluding hydrogens is 192 g/mol. The average Bonchev–Trinajstić information content (AvgIpc) is 2.72. The van der Waals surface area contributed by atoms with Gasteiger partial charge in [0, 0.05) is 12.4 Å². The van der Waals surface area contributed by atoms with Crippen LogP contribution in [0, 0.1) is 0 Å². The number of benzene rings is 1. The van der Waals surface area contributed by atoms with Crippen molar-refractivity contribution in [3.63, 3.8) is 0 Å². The zero-order valence-electron chi connectivity index (χ0n) is 7.95. The summed E-state index contributed by atoms with van der Waals surface area (Å²) in [6.45, 7) is 0. The van der Waals surface area contributed by atoms with Crippen molar-refractivity contribution in [2.24, 2.45) is 0 Å². The molecule has 1 atom stereocenters. The zero-order valence-corrected chi connectivity index (χ0v) is 7.95. The van der Waals surface area contributed by atoms with Gasteiger partial charge < -0.3 is 5.11 Å². The zero-order chi connectivity index (χ0) is 10.7. The van der Waals surface area contributed by atoms with Crippen molar-refractivity contribution in [2.45, 2.75) is 6.04 Å². The third-order valence-corrected chi connectivity index (χ3v) is 2.14. The number of aromatic nitrogens is 2. The molecule has 1 N–H and O–H groups in total. The standard InChI is InChI=1S/C11H10N2O2/c14-11(15)10(13-8-4-7-12-13)9-5-2-1-3-6-9/h1-8,10H,(H,14,15)/t10-/m1/s1. The summed E-state index contributed by atoms with van der Waals surface area (Å²) in [7, 11) is 0. The van der Waals surface area contributed by atoms with E-state index in [9.17, 15) is 4.79 Å². The highest BCUT2D eigenvalue weighted by Gasteiger charge is 2.21. The monoisotopic (exact) mass is 202 g/mol. The predicted molar refractivity (Wildman–Crippen MR) is 54.4 cm³/mol. The number of hydrogen-bond acceptors (Lipinski definition) is 2. The van der Waals surface area contributed by atoms with Gasteiger partial charge in [0.05, 0.1) is 0 Å². The summed E-state index contributed by atoms with van der Waals surface area (Å²) in [5, 5.41) is 13.1. The Morgan fingerprint density at radius 1 is 1.27 bits per heavy atom. The van der Waals surface area contributed by atoms with E-state index in [-0.39, 0.29) is 0 Å². The minimum Gasteiger partial charge on any atom is -0.479 e. The summed E-state index contributed by atoms with van der Waals surface area (Å²) in [5.41, 5.74) is 0.716. The topological polar surface area (TPSA) is 55.1 Å². The molecule has 4 heteroatoms. The Kier molecular flexibility index (Phi) is 2.49. The number of aliphatic carboxylic acids is 1. The Bertz CT molecular complexity index is 437. The van der Waals surface area contributed by atoms with Crippen LogP contribution < -0.4 is 0 Å². The van der Waals surface area contributed by atoms with Crippen molar-refractivity contribution in [3.05, 3.63) is 54.4 Å². The van der Waals surface area contributed by atoms with Gasteiger partial charge in [-0.2, -0.15) is 5.10 Å². The highest BCUT2D eigenvalue weighted by atomic mass is 16.4. The van der Waals surface area contributed by atoms with Crippen molar-refractivity contribution in [2.75, 3.05) is 0 Å². The van der Waals surface area contributed by atoms with Crippen LogP contribution in [0.1, 0.15) is 11.6 Å². The molecule has 0 unspecified atom stereocenters. The molecule has 1 aromatic carbocycles. The Morgan fingerprint density at radius 2 is 2.00 bits per heavy atom. The van der Waals surface area contributed by atoms with Gasteiger partial charge in [-0.25, -0.2) is 4.79 Å². The highest BCUT2D eigenvalue weighted by molar-refractivity contribution is 5.75. The largest absolute Gasteiger partial charge is 0.479 e. The molecule has 1 heterocycles. The number of hydrogen-bond donors (Lipinski definition) is 1. The van der Waals surface area contributed by atoms with Crippen LogP contribution in [0.5, 0.6) is 0 Å². The van der Waals surface area contributed by atoms with Crippen molar-refractivity contribution in [1.82, 2.24) is 9.78 Å². The molecule has 0 bridgehead atoms. The Balaban J connectivity index is 2.42. The van der Waals surface area contributed by atoms with Crippen LogP contribution in [0.25, 0.3) is 0 Å². The van der Waals surface area contributed by atoms with E-state index in [1.165, 1.54) is 4.68 Å². The molecular formula is C11H10N2O2. The SMILES string of the molecule is O=C(O)[C@@H](c1ccccc1)n1cccn1. The normalized spacial score (nSPS) is 12.3. The number of carboxylic acid groups (broad SMARTS) is 1. The van der Waals surface area contributed by atoms with Gasteiger partial charge in [-0.1, -0.05) is 30.3 Å². The Hall–Kier alpha value is -2.10. The van der Waals surface area contributed by atoms with Gasteiger partial charge in [0.25, 0.3) is 0 Å². The maximum absolute atomic E-state index is 11.1. The van der Waals surface area contributed by atoms with Crippen LogP contribution in [0.4, 0.5) is 0 Å². The first-order chi connectivity index (χ1) is 7.29. The van der Waals surface area contributed by atoms with E-state index in [0.717, 1.165) is 0 Å². The summed E-state index contributed by atoms with van der Waals surface area (Å²) in [4.78, 5) is 11.1. The molecule has 2 rings (SSSR count). The molecule has 0 spiro atoms. The number of carbonyl (C=O) groups is 1. The molecule has 15 heavy (non-hydrogen) atoms. The maximum atomic E-state index is 11.1. The van der Waals surface area contributed by atoms with Gasteiger partial charge >= 0.3 is 5.97 Å². The second-order valence-electron chi connectivity index (χ2n) is 3.14. The van der Waals surface area contributed by atoms with Crippen LogP contribution in [-0.4, -0.2) is 20.9 Å². The first-order valence-electron chi connectivity index (χ1n) is 4.56.